The summed E-state index contributed by atoms with van der Waals surface area (Å²) in [5.41, 5.74) is 2.92. The summed E-state index contributed by atoms with van der Waals surface area (Å²) in [6.45, 7) is 1.22. The minimum absolute atomic E-state index is 0.0728. The van der Waals surface area contributed by atoms with E-state index in [0.717, 1.165) is 5.56 Å². The fraction of sp³-hybridized carbons (Fsp3) is 0.308. The van der Waals surface area contributed by atoms with Gasteiger partial charge in [-0.05, 0) is 47.4 Å². The maximum Gasteiger partial charge on any atom is 0.226 e. The molecule has 0 radical (unpaired) electrons. The molecule has 1 N–H and O–H groups in total. The molecule has 2 heterocycles. The summed E-state index contributed by atoms with van der Waals surface area (Å²) in [6, 6.07) is 22.4. The van der Waals surface area contributed by atoms with Crippen LogP contribution in [0.25, 0.3) is 10.4 Å². The number of amides is 2. The van der Waals surface area contributed by atoms with Crippen LogP contribution < -0.4 is 5.32 Å². The van der Waals surface area contributed by atoms with Gasteiger partial charge >= 0.3 is 0 Å². The third-order valence-electron chi connectivity index (χ3n) is 6.31. The van der Waals surface area contributed by atoms with Crippen LogP contribution in [0.15, 0.2) is 72.1 Å². The lowest BCUT2D eigenvalue weighted by Crippen LogP contribution is -2.51. The highest BCUT2D eigenvalue weighted by atomic mass is 32.1. The molecule has 5 heteroatoms. The van der Waals surface area contributed by atoms with Crippen LogP contribution in [-0.2, 0) is 22.4 Å². The number of likely N-dealkylation sites (tertiary alicyclic amines) is 1. The predicted molar refractivity (Wildman–Crippen MR) is 126 cm³/mol. The normalized spacial score (nSPS) is 15.5. The Bertz CT molecular complexity index is 1020. The summed E-state index contributed by atoms with van der Waals surface area (Å²) in [4.78, 5) is 29.0. The van der Waals surface area contributed by atoms with Crippen molar-refractivity contribution in [2.24, 2.45) is 5.41 Å². The number of benzene rings is 2. The van der Waals surface area contributed by atoms with Gasteiger partial charge in [-0.1, -0.05) is 60.7 Å². The molecule has 1 saturated heterocycles. The Morgan fingerprint density at radius 2 is 1.68 bits per heavy atom. The van der Waals surface area contributed by atoms with Crippen molar-refractivity contribution < 1.29 is 9.59 Å². The average Bonchev–Trinajstić information content (AvgIpc) is 3.35. The molecule has 1 aromatic heterocycles. The lowest BCUT2D eigenvalue weighted by molar-refractivity contribution is -0.140. The Balaban J connectivity index is 1.51. The predicted octanol–water partition coefficient (Wildman–Crippen LogP) is 4.56. The molecule has 0 unspecified atom stereocenters. The maximum atomic E-state index is 13.0. The molecule has 3 aromatic rings. The van der Waals surface area contributed by atoms with Crippen molar-refractivity contribution in [1.29, 1.82) is 0 Å². The summed E-state index contributed by atoms with van der Waals surface area (Å²) in [5.74, 6) is 0.208. The van der Waals surface area contributed by atoms with Crippen LogP contribution in [0.3, 0.4) is 0 Å². The highest BCUT2D eigenvalue weighted by Gasteiger charge is 2.42. The monoisotopic (exact) mass is 432 g/mol. The number of carbonyl (C=O) groups excluding carboxylic acids is 2. The average molecular weight is 433 g/mol. The van der Waals surface area contributed by atoms with Crippen molar-refractivity contribution in [3.05, 3.63) is 83.2 Å². The van der Waals surface area contributed by atoms with E-state index >= 15 is 0 Å². The Kier molecular flexibility index (Phi) is 6.52. The van der Waals surface area contributed by atoms with Gasteiger partial charge in [0.05, 0.1) is 11.8 Å². The minimum Gasteiger partial charge on any atom is -0.359 e. The van der Waals surface area contributed by atoms with Gasteiger partial charge < -0.3 is 10.2 Å². The Morgan fingerprint density at radius 1 is 0.968 bits per heavy atom. The van der Waals surface area contributed by atoms with Crippen molar-refractivity contribution >= 4 is 23.2 Å². The molecule has 2 amide bonds. The number of nitrogens with zero attached hydrogens (tertiary/aromatic N) is 1. The van der Waals surface area contributed by atoms with E-state index in [0.29, 0.717) is 38.8 Å². The zero-order chi connectivity index (χ0) is 21.7. The summed E-state index contributed by atoms with van der Waals surface area (Å²) >= 11 is 1.72. The van der Waals surface area contributed by atoms with Crippen molar-refractivity contribution in [2.45, 2.75) is 25.7 Å². The first-order valence-electron chi connectivity index (χ1n) is 10.8. The number of hydrogen-bond donors (Lipinski definition) is 1. The van der Waals surface area contributed by atoms with Gasteiger partial charge in [0.2, 0.25) is 11.8 Å². The zero-order valence-corrected chi connectivity index (χ0v) is 18.7. The summed E-state index contributed by atoms with van der Waals surface area (Å²) < 4.78 is 0. The van der Waals surface area contributed by atoms with Gasteiger partial charge in [-0.3, -0.25) is 9.59 Å². The molecule has 2 aromatic carbocycles. The first-order chi connectivity index (χ1) is 15.1. The largest absolute Gasteiger partial charge is 0.359 e. The molecule has 0 atom stereocenters. The molecular weight excluding hydrogens is 404 g/mol. The fourth-order valence-corrected chi connectivity index (χ4v) is 5.31. The molecule has 1 aliphatic heterocycles. The molecule has 1 fully saturated rings. The van der Waals surface area contributed by atoms with E-state index in [4.69, 9.17) is 0 Å². The van der Waals surface area contributed by atoms with E-state index in [1.165, 1.54) is 16.0 Å². The third-order valence-corrected chi connectivity index (χ3v) is 7.22. The van der Waals surface area contributed by atoms with Gasteiger partial charge in [0.1, 0.15) is 0 Å². The standard InChI is InChI=1S/C26H28N2O2S/c1-27-25(30)26(19-21-10-5-6-11-22(21)23-12-7-17-31-23)13-15-28(16-14-26)24(29)18-20-8-3-2-4-9-20/h2-12,17H,13-16,18-19H2,1H3,(H,27,30). The van der Waals surface area contributed by atoms with Crippen LogP contribution >= 0.6 is 11.3 Å². The zero-order valence-electron chi connectivity index (χ0n) is 17.8. The van der Waals surface area contributed by atoms with Crippen molar-refractivity contribution in [3.63, 3.8) is 0 Å². The molecular formula is C26H28N2O2S. The quantitative estimate of drug-likeness (QED) is 0.621. The number of carbonyl (C=O) groups is 2. The van der Waals surface area contributed by atoms with E-state index in [1.54, 1.807) is 18.4 Å². The molecule has 31 heavy (non-hydrogen) atoms. The van der Waals surface area contributed by atoms with E-state index in [9.17, 15) is 9.59 Å². The molecule has 0 spiro atoms. The number of rotatable bonds is 6. The SMILES string of the molecule is CNC(=O)C1(Cc2ccccc2-c2cccs2)CCN(C(=O)Cc2ccccc2)CC1. The van der Waals surface area contributed by atoms with Gasteiger partial charge in [0.25, 0.3) is 0 Å². The lowest BCUT2D eigenvalue weighted by Gasteiger charge is -2.41. The molecule has 1 aliphatic rings. The van der Waals surface area contributed by atoms with Crippen LogP contribution in [0.2, 0.25) is 0 Å². The third kappa shape index (κ3) is 4.72. The molecule has 4 rings (SSSR count). The van der Waals surface area contributed by atoms with Gasteiger partial charge in [0, 0.05) is 25.0 Å². The second-order valence-electron chi connectivity index (χ2n) is 8.21. The lowest BCUT2D eigenvalue weighted by atomic mass is 9.72. The van der Waals surface area contributed by atoms with Crippen molar-refractivity contribution in [1.82, 2.24) is 10.2 Å². The number of piperidine rings is 1. The fourth-order valence-electron chi connectivity index (χ4n) is 4.53. The maximum absolute atomic E-state index is 13.0. The molecule has 0 saturated carbocycles. The van der Waals surface area contributed by atoms with E-state index in [1.807, 2.05) is 41.3 Å². The Morgan fingerprint density at radius 3 is 2.35 bits per heavy atom. The first-order valence-corrected chi connectivity index (χ1v) is 11.6. The molecule has 160 valence electrons. The smallest absolute Gasteiger partial charge is 0.226 e. The van der Waals surface area contributed by atoms with Gasteiger partial charge in [-0.2, -0.15) is 0 Å². The minimum atomic E-state index is -0.494. The second kappa shape index (κ2) is 9.48. The van der Waals surface area contributed by atoms with E-state index in [-0.39, 0.29) is 11.8 Å². The Labute approximate surface area is 187 Å². The van der Waals surface area contributed by atoms with Crippen molar-refractivity contribution in [2.75, 3.05) is 20.1 Å². The Hall–Kier alpha value is -2.92. The first kappa shape index (κ1) is 21.3. The van der Waals surface area contributed by atoms with Gasteiger partial charge in [-0.15, -0.1) is 11.3 Å². The highest BCUT2D eigenvalue weighted by molar-refractivity contribution is 7.13. The summed E-state index contributed by atoms with van der Waals surface area (Å²) in [5, 5.41) is 4.97. The second-order valence-corrected chi connectivity index (χ2v) is 9.16. The topological polar surface area (TPSA) is 49.4 Å². The number of thiophene rings is 1. The van der Waals surface area contributed by atoms with E-state index < -0.39 is 5.41 Å². The van der Waals surface area contributed by atoms with E-state index in [2.05, 4.69) is 41.0 Å². The van der Waals surface area contributed by atoms with Gasteiger partial charge in [-0.25, -0.2) is 0 Å². The summed E-state index contributed by atoms with van der Waals surface area (Å²) in [7, 11) is 1.71. The molecule has 0 bridgehead atoms. The summed E-state index contributed by atoms with van der Waals surface area (Å²) in [6.07, 6.45) is 2.44. The van der Waals surface area contributed by atoms with Crippen LogP contribution in [-0.4, -0.2) is 36.9 Å². The number of hydrogen-bond acceptors (Lipinski definition) is 3. The molecule has 0 aliphatic carbocycles. The van der Waals surface area contributed by atoms with Crippen LogP contribution in [0.4, 0.5) is 0 Å². The van der Waals surface area contributed by atoms with Crippen LogP contribution in [0, 0.1) is 5.41 Å². The van der Waals surface area contributed by atoms with Crippen LogP contribution in [0.1, 0.15) is 24.0 Å². The number of nitrogens with one attached hydrogen (secondary N) is 1. The van der Waals surface area contributed by atoms with Crippen LogP contribution in [0.5, 0.6) is 0 Å². The highest BCUT2D eigenvalue weighted by Crippen LogP contribution is 2.39. The molecule has 4 nitrogen and oxygen atoms in total. The van der Waals surface area contributed by atoms with Gasteiger partial charge in [0.15, 0.2) is 0 Å². The van der Waals surface area contributed by atoms with Crippen molar-refractivity contribution in [3.8, 4) is 10.4 Å².